The molecule has 32 nitrogen and oxygen atoms in total. The highest BCUT2D eigenvalue weighted by Crippen LogP contribution is 2.52. The monoisotopic (exact) mass is 1910 g/mol. The van der Waals surface area contributed by atoms with E-state index in [2.05, 4.69) is 114 Å². The van der Waals surface area contributed by atoms with Crippen LogP contribution < -0.4 is 30.7 Å². The van der Waals surface area contributed by atoms with E-state index in [1.54, 1.807) is 67.1 Å². The zero-order chi connectivity index (χ0) is 96.3. The Morgan fingerprint density at radius 2 is 0.672 bits per heavy atom. The van der Waals surface area contributed by atoms with E-state index in [4.69, 9.17) is 48.4 Å². The SMILES string of the molecule is C.COC(=O)NC(C(=O)N1CCC[C@H]1c1ncc(-c2cc(F)c3c(c2)OC(c2ccc(C(C)C)s2)n2c-3cc3cc(-c4cnc([C@@H]5CCCN5C(=O)C(NC(=O)OC)C(C)C)[nH]4)ccc32)[nH]1)C(C)C.COC(=O)N[C@H](C(=O)N1CCC[C@H]1c1ncc(-c2cc(F)c3c(c2)OC(c2ccc(C(C)C)s2)n2c-3cc3cc(-c4cnc([C@@H]5CCCN5C(=O)[C@@H](NC(=O)OC)C(C)C)[nH]4)ccc32)[nH]1)C(C)C. The van der Waals surface area contributed by atoms with Crippen LogP contribution in [-0.2, 0) is 38.1 Å². The minimum Gasteiger partial charge on any atom is -0.464 e. The fourth-order valence-corrected chi connectivity index (χ4v) is 21.6. The highest BCUT2D eigenvalue weighted by molar-refractivity contribution is 7.12. The van der Waals surface area contributed by atoms with Gasteiger partial charge < -0.3 is 89.2 Å². The third-order valence-corrected chi connectivity index (χ3v) is 29.6. The maximum atomic E-state index is 16.9. The molecule has 724 valence electrons. The Kier molecular flexibility index (Phi) is 28.3. The predicted molar refractivity (Wildman–Crippen MR) is 517 cm³/mol. The number of hydrogen-bond acceptors (Lipinski definition) is 20. The van der Waals surface area contributed by atoms with Crippen molar-refractivity contribution in [2.75, 3.05) is 54.6 Å². The summed E-state index contributed by atoms with van der Waals surface area (Å²) < 4.78 is 70.9. The average molecular weight is 1910 g/mol. The number of imidazole rings is 4. The van der Waals surface area contributed by atoms with E-state index >= 15 is 8.78 Å². The van der Waals surface area contributed by atoms with Crippen LogP contribution in [0.4, 0.5) is 28.0 Å². The van der Waals surface area contributed by atoms with E-state index in [1.165, 1.54) is 50.3 Å². The minimum atomic E-state index is -0.771. The van der Waals surface area contributed by atoms with Crippen LogP contribution in [0.3, 0.4) is 0 Å². The van der Waals surface area contributed by atoms with Gasteiger partial charge in [0.1, 0.15) is 70.6 Å². The molecule has 6 aliphatic rings. The number of amides is 8. The Morgan fingerprint density at radius 1 is 0.387 bits per heavy atom. The number of benzene rings is 4. The normalized spacial score (nSPS) is 18.6. The molecule has 18 rings (SSSR count). The number of nitrogens with one attached hydrogen (secondary N) is 8. The fraction of sp³-hybridized carbons (Fsp3) is 0.446. The molecule has 0 spiro atoms. The molecule has 36 heteroatoms. The molecule has 10 atom stereocenters. The third kappa shape index (κ3) is 19.0. The number of methoxy groups -OCH3 is 4. The summed E-state index contributed by atoms with van der Waals surface area (Å²) in [6.45, 7) is 25.8. The number of thiophene rings is 2. The van der Waals surface area contributed by atoms with E-state index in [9.17, 15) is 38.4 Å². The zero-order valence-electron chi connectivity index (χ0n) is 79.0. The lowest BCUT2D eigenvalue weighted by atomic mass is 10.0. The maximum Gasteiger partial charge on any atom is 0.407 e. The van der Waals surface area contributed by atoms with Gasteiger partial charge in [-0.1, -0.05) is 103 Å². The van der Waals surface area contributed by atoms with Gasteiger partial charge in [-0.2, -0.15) is 0 Å². The smallest absolute Gasteiger partial charge is 0.407 e. The van der Waals surface area contributed by atoms with Gasteiger partial charge in [-0.25, -0.2) is 47.9 Å². The number of ether oxygens (including phenoxy) is 6. The van der Waals surface area contributed by atoms with Gasteiger partial charge in [-0.3, -0.25) is 28.3 Å². The fourth-order valence-electron chi connectivity index (χ4n) is 19.6. The van der Waals surface area contributed by atoms with Crippen LogP contribution >= 0.6 is 22.7 Å². The van der Waals surface area contributed by atoms with Crippen molar-refractivity contribution in [1.82, 2.24) is 89.9 Å². The van der Waals surface area contributed by atoms with Gasteiger partial charge in [-0.05, 0) is 172 Å². The number of likely N-dealkylation sites (tertiary alicyclic amines) is 4. The quantitative estimate of drug-likeness (QED) is 0.0260. The molecule has 12 aromatic rings. The number of rotatable bonds is 24. The topological polar surface area (TPSA) is 378 Å². The lowest BCUT2D eigenvalue weighted by molar-refractivity contribution is -0.136. The number of nitrogens with zero attached hydrogens (tertiary/aromatic N) is 10. The molecule has 14 heterocycles. The number of halogens is 2. The first-order valence-electron chi connectivity index (χ1n) is 46.6. The molecule has 4 aromatic carbocycles. The molecule has 8 amide bonds. The van der Waals surface area contributed by atoms with Crippen molar-refractivity contribution in [3.8, 4) is 79.0 Å². The second-order valence-electron chi connectivity index (χ2n) is 37.7. The summed E-state index contributed by atoms with van der Waals surface area (Å²) in [6.07, 6.45) is 8.94. The number of alkyl carbamates (subject to hydrolysis) is 4. The van der Waals surface area contributed by atoms with Crippen molar-refractivity contribution in [3.05, 3.63) is 176 Å². The van der Waals surface area contributed by atoms with Crippen molar-refractivity contribution in [2.45, 2.75) is 215 Å². The van der Waals surface area contributed by atoms with Gasteiger partial charge in [0.25, 0.3) is 0 Å². The highest BCUT2D eigenvalue weighted by atomic mass is 32.1. The Morgan fingerprint density at radius 3 is 0.934 bits per heavy atom. The Balaban J connectivity index is 0.000000197. The first-order valence-corrected chi connectivity index (χ1v) is 48.2. The van der Waals surface area contributed by atoms with Crippen LogP contribution in [0.15, 0.2) is 122 Å². The lowest BCUT2D eigenvalue weighted by Crippen LogP contribution is -2.51. The first kappa shape index (κ1) is 96.7. The molecule has 0 radical (unpaired) electrons. The van der Waals surface area contributed by atoms with Crippen molar-refractivity contribution in [2.24, 2.45) is 23.7 Å². The first-order chi connectivity index (χ1) is 65.3. The molecule has 4 saturated heterocycles. The molecule has 0 aliphatic carbocycles. The summed E-state index contributed by atoms with van der Waals surface area (Å²) in [6, 6.07) is 26.9. The van der Waals surface area contributed by atoms with Crippen LogP contribution in [-0.4, -0.2) is 195 Å². The summed E-state index contributed by atoms with van der Waals surface area (Å²) >= 11 is 3.34. The number of carbonyl (C=O) groups excluding carboxylic acids is 8. The van der Waals surface area contributed by atoms with E-state index in [0.717, 1.165) is 92.6 Å². The van der Waals surface area contributed by atoms with Crippen molar-refractivity contribution >= 4 is 92.5 Å². The second-order valence-corrected chi connectivity index (χ2v) is 40.0. The average Bonchev–Trinajstić information content (AvgIpc) is 1.20. The van der Waals surface area contributed by atoms with E-state index in [1.807, 2.05) is 104 Å². The molecule has 8 aromatic heterocycles. The summed E-state index contributed by atoms with van der Waals surface area (Å²) in [7, 11) is 5.09. The molecule has 6 aliphatic heterocycles. The number of carbonyl (C=O) groups is 8. The molecule has 137 heavy (non-hydrogen) atoms. The Bertz CT molecular complexity index is 6150. The van der Waals surface area contributed by atoms with E-state index in [-0.39, 0.29) is 78.9 Å². The second kappa shape index (κ2) is 40.1. The Labute approximate surface area is 801 Å². The summed E-state index contributed by atoms with van der Waals surface area (Å²) in [5, 5.41) is 12.5. The molecule has 4 unspecified atom stereocenters. The van der Waals surface area contributed by atoms with Gasteiger partial charge in [-0.15, -0.1) is 22.7 Å². The summed E-state index contributed by atoms with van der Waals surface area (Å²) in [5.41, 5.74) is 9.24. The van der Waals surface area contributed by atoms with Crippen LogP contribution in [0, 0.1) is 35.3 Å². The molecule has 0 saturated carbocycles. The zero-order valence-corrected chi connectivity index (χ0v) is 80.7. The van der Waals surface area contributed by atoms with E-state index in [0.29, 0.717) is 131 Å². The van der Waals surface area contributed by atoms with Gasteiger partial charge in [0.2, 0.25) is 36.1 Å². The molecule has 0 bridgehead atoms. The van der Waals surface area contributed by atoms with Crippen molar-refractivity contribution in [1.29, 1.82) is 0 Å². The minimum absolute atomic E-state index is 0. The molecule has 8 N–H and O–H groups in total. The molecular formula is C101H120F2N18O14S2. The van der Waals surface area contributed by atoms with Crippen LogP contribution in [0.1, 0.15) is 233 Å². The lowest BCUT2D eigenvalue weighted by Gasteiger charge is -2.30. The van der Waals surface area contributed by atoms with Crippen molar-refractivity contribution < 1.29 is 75.6 Å². The standard InChI is InChI=1S/2C50H58FN9O7S.CH4/c2*1-25(2)39-15-16-40(68-39)48-60-34-14-13-28(32-23-52-44(54-32)35-11-9-17-58(35)46(61)42(26(3)4)56-49(63)65-7)19-30(34)21-37(60)41-31(51)20-29(22-38(41)67-48)33-24-53-45(55-33)36-12-10-18-59(36)47(62)43(27(5)6)57-50(64)66-8;/h2*13-16,19-27,35-36,42-43,48H,9-12,17-18H2,1-8H3,(H,52,54)(H,53,55)(H,56,63)(H,57,64);1H4/t35-,36-,42?,43?,48?;35-,36-,42-,43-,48?;/m00./s1. The summed E-state index contributed by atoms with van der Waals surface area (Å²) in [5.74, 6) is 1.48. The van der Waals surface area contributed by atoms with Gasteiger partial charge in [0, 0.05) is 69.0 Å². The van der Waals surface area contributed by atoms with Crippen LogP contribution in [0.2, 0.25) is 0 Å². The van der Waals surface area contributed by atoms with Gasteiger partial charge >= 0.3 is 24.4 Å². The molecular weight excluding hydrogens is 1790 g/mol. The van der Waals surface area contributed by atoms with Gasteiger partial charge in [0.15, 0.2) is 0 Å². The number of fused-ring (bicyclic) bond motifs is 10. The van der Waals surface area contributed by atoms with E-state index < -0.39 is 72.6 Å². The Hall–Kier alpha value is -13.4. The number of H-pyrrole nitrogens is 4. The highest BCUT2D eigenvalue weighted by Gasteiger charge is 2.45. The van der Waals surface area contributed by atoms with Gasteiger partial charge in [0.05, 0.1) is 143 Å². The predicted octanol–water partition coefficient (Wildman–Crippen LogP) is 19.5. The third-order valence-electron chi connectivity index (χ3n) is 26.8. The number of aromatic amines is 4. The number of aromatic nitrogens is 10. The molecule has 4 fully saturated rings. The number of hydrogen-bond donors (Lipinski definition) is 8. The maximum absolute atomic E-state index is 16.9. The van der Waals surface area contributed by atoms with Crippen LogP contribution in [0.5, 0.6) is 11.5 Å². The summed E-state index contributed by atoms with van der Waals surface area (Å²) in [4.78, 5) is 148. The van der Waals surface area contributed by atoms with Crippen molar-refractivity contribution in [3.63, 3.8) is 0 Å². The largest absolute Gasteiger partial charge is 0.464 e. The van der Waals surface area contributed by atoms with Crippen LogP contribution in [0.25, 0.3) is 89.4 Å².